The highest BCUT2D eigenvalue weighted by Crippen LogP contribution is 2.32. The Morgan fingerprint density at radius 1 is 1.05 bits per heavy atom. The minimum atomic E-state index is -0.186. The lowest BCUT2D eigenvalue weighted by Gasteiger charge is -2.25. The lowest BCUT2D eigenvalue weighted by molar-refractivity contribution is 0.548. The van der Waals surface area contributed by atoms with Crippen LogP contribution in [0.1, 0.15) is 31.0 Å². The summed E-state index contributed by atoms with van der Waals surface area (Å²) in [5.41, 5.74) is 2.57. The third-order valence-electron chi connectivity index (χ3n) is 3.47. The van der Waals surface area contributed by atoms with Crippen molar-refractivity contribution in [2.24, 2.45) is 0 Å². The molecule has 2 rings (SSSR count). The fourth-order valence-electron chi connectivity index (χ4n) is 2.34. The summed E-state index contributed by atoms with van der Waals surface area (Å²) in [5, 5.41) is 3.91. The van der Waals surface area contributed by atoms with Gasteiger partial charge < -0.3 is 5.32 Å². The van der Waals surface area contributed by atoms with Crippen LogP contribution in [0, 0.1) is 12.7 Å². The van der Waals surface area contributed by atoms with Gasteiger partial charge in [-0.1, -0.05) is 43.7 Å². The molecule has 3 heteroatoms. The summed E-state index contributed by atoms with van der Waals surface area (Å²) in [6, 6.07) is 15.7. The molecule has 0 aromatic heterocycles. The van der Waals surface area contributed by atoms with Crippen LogP contribution >= 0.6 is 11.8 Å². The van der Waals surface area contributed by atoms with E-state index in [0.29, 0.717) is 5.25 Å². The molecule has 0 aliphatic carbocycles. The highest BCUT2D eigenvalue weighted by molar-refractivity contribution is 8.00. The predicted octanol–water partition coefficient (Wildman–Crippen LogP) is 4.97. The quantitative estimate of drug-likeness (QED) is 0.757. The Balaban J connectivity index is 2.13. The number of hydrogen-bond donors (Lipinski definition) is 1. The molecule has 0 saturated carbocycles. The summed E-state index contributed by atoms with van der Waals surface area (Å²) >= 11 is 1.77. The highest BCUT2D eigenvalue weighted by Gasteiger charge is 2.19. The molecular weight excluding hydrogens is 281 g/mol. The van der Waals surface area contributed by atoms with E-state index in [1.165, 1.54) is 23.3 Å². The Morgan fingerprint density at radius 3 is 2.24 bits per heavy atom. The largest absolute Gasteiger partial charge is 0.309 e. The van der Waals surface area contributed by atoms with Crippen molar-refractivity contribution < 1.29 is 4.39 Å². The number of hydrogen-bond acceptors (Lipinski definition) is 2. The van der Waals surface area contributed by atoms with Crippen LogP contribution < -0.4 is 5.32 Å². The van der Waals surface area contributed by atoms with Gasteiger partial charge in [0.2, 0.25) is 0 Å². The molecule has 0 amide bonds. The molecule has 0 heterocycles. The predicted molar refractivity (Wildman–Crippen MR) is 89.3 cm³/mol. The summed E-state index contributed by atoms with van der Waals surface area (Å²) in [6.45, 7) is 7.35. The molecule has 2 atom stereocenters. The number of nitrogens with one attached hydrogen (secondary N) is 1. The van der Waals surface area contributed by atoms with Gasteiger partial charge in [0, 0.05) is 16.2 Å². The SMILES string of the molecule is CCNC(c1ccc(C)cc1)C(C)Sc1ccc(F)cc1. The van der Waals surface area contributed by atoms with Crippen molar-refractivity contribution in [3.63, 3.8) is 0 Å². The van der Waals surface area contributed by atoms with Gasteiger partial charge in [-0.3, -0.25) is 0 Å². The molecule has 0 saturated heterocycles. The van der Waals surface area contributed by atoms with E-state index in [-0.39, 0.29) is 11.9 Å². The van der Waals surface area contributed by atoms with Gasteiger partial charge in [-0.2, -0.15) is 0 Å². The van der Waals surface area contributed by atoms with Crippen molar-refractivity contribution in [1.29, 1.82) is 0 Å². The van der Waals surface area contributed by atoms with Gasteiger partial charge in [0.1, 0.15) is 5.82 Å². The molecule has 21 heavy (non-hydrogen) atoms. The molecule has 1 nitrogen and oxygen atoms in total. The van der Waals surface area contributed by atoms with Gasteiger partial charge in [-0.25, -0.2) is 4.39 Å². The molecule has 2 aromatic rings. The molecule has 0 aliphatic heterocycles. The van der Waals surface area contributed by atoms with Crippen LogP contribution in [0.2, 0.25) is 0 Å². The zero-order chi connectivity index (χ0) is 15.2. The van der Waals surface area contributed by atoms with Crippen molar-refractivity contribution in [1.82, 2.24) is 5.32 Å². The van der Waals surface area contributed by atoms with Crippen LogP contribution in [-0.2, 0) is 0 Å². The van der Waals surface area contributed by atoms with E-state index in [9.17, 15) is 4.39 Å². The standard InChI is InChI=1S/C18H22FNS/c1-4-20-18(15-7-5-13(2)6-8-15)14(3)21-17-11-9-16(19)10-12-17/h5-12,14,18,20H,4H2,1-3H3. The molecular formula is C18H22FNS. The van der Waals surface area contributed by atoms with Crippen LogP contribution in [0.25, 0.3) is 0 Å². The first-order chi connectivity index (χ1) is 10.1. The number of aryl methyl sites for hydroxylation is 1. The number of thioether (sulfide) groups is 1. The lowest BCUT2D eigenvalue weighted by Crippen LogP contribution is -2.28. The summed E-state index contributed by atoms with van der Waals surface area (Å²) in [7, 11) is 0. The lowest BCUT2D eigenvalue weighted by atomic mass is 10.0. The average molecular weight is 303 g/mol. The monoisotopic (exact) mass is 303 g/mol. The molecule has 2 unspecified atom stereocenters. The minimum Gasteiger partial charge on any atom is -0.309 e. The van der Waals surface area contributed by atoms with Crippen LogP contribution in [0.4, 0.5) is 4.39 Å². The summed E-state index contributed by atoms with van der Waals surface area (Å²) in [6.07, 6.45) is 0. The molecule has 0 fully saturated rings. The van der Waals surface area contributed by atoms with E-state index >= 15 is 0 Å². The Labute approximate surface area is 131 Å². The fourth-order valence-corrected chi connectivity index (χ4v) is 3.46. The minimum absolute atomic E-state index is 0.186. The Morgan fingerprint density at radius 2 is 1.67 bits per heavy atom. The second kappa shape index (κ2) is 7.62. The van der Waals surface area contributed by atoms with E-state index in [1.54, 1.807) is 11.8 Å². The zero-order valence-electron chi connectivity index (χ0n) is 12.8. The van der Waals surface area contributed by atoms with Crippen LogP contribution in [0.15, 0.2) is 53.4 Å². The van der Waals surface area contributed by atoms with E-state index in [4.69, 9.17) is 0 Å². The van der Waals surface area contributed by atoms with E-state index < -0.39 is 0 Å². The molecule has 0 radical (unpaired) electrons. The zero-order valence-corrected chi connectivity index (χ0v) is 13.6. The van der Waals surface area contributed by atoms with Crippen LogP contribution in [-0.4, -0.2) is 11.8 Å². The smallest absolute Gasteiger partial charge is 0.123 e. The van der Waals surface area contributed by atoms with Gasteiger partial charge in [-0.05, 0) is 43.3 Å². The molecule has 2 aromatic carbocycles. The molecule has 0 bridgehead atoms. The molecule has 0 spiro atoms. The summed E-state index contributed by atoms with van der Waals surface area (Å²) < 4.78 is 13.0. The number of halogens is 1. The van der Waals surface area contributed by atoms with E-state index in [1.807, 2.05) is 12.1 Å². The van der Waals surface area contributed by atoms with Crippen LogP contribution in [0.5, 0.6) is 0 Å². The average Bonchev–Trinajstić information content (AvgIpc) is 2.48. The first kappa shape index (κ1) is 16.1. The summed E-state index contributed by atoms with van der Waals surface area (Å²) in [4.78, 5) is 1.10. The maximum Gasteiger partial charge on any atom is 0.123 e. The van der Waals surface area contributed by atoms with Gasteiger partial charge >= 0.3 is 0 Å². The topological polar surface area (TPSA) is 12.0 Å². The normalized spacial score (nSPS) is 13.9. The van der Waals surface area contributed by atoms with E-state index in [0.717, 1.165) is 11.4 Å². The maximum absolute atomic E-state index is 13.0. The van der Waals surface area contributed by atoms with Crippen molar-refractivity contribution in [2.75, 3.05) is 6.54 Å². The van der Waals surface area contributed by atoms with Crippen molar-refractivity contribution in [3.05, 3.63) is 65.5 Å². The van der Waals surface area contributed by atoms with Gasteiger partial charge in [-0.15, -0.1) is 11.8 Å². The Kier molecular flexibility index (Phi) is 5.83. The third kappa shape index (κ3) is 4.58. The second-order valence-corrected chi connectivity index (χ2v) is 6.67. The van der Waals surface area contributed by atoms with Crippen molar-refractivity contribution in [2.45, 2.75) is 37.0 Å². The number of benzene rings is 2. The van der Waals surface area contributed by atoms with Gasteiger partial charge in [0.25, 0.3) is 0 Å². The molecule has 1 N–H and O–H groups in total. The maximum atomic E-state index is 13.0. The molecule has 0 aliphatic rings. The first-order valence-electron chi connectivity index (χ1n) is 7.32. The third-order valence-corrected chi connectivity index (χ3v) is 4.65. The Bertz CT molecular complexity index is 550. The van der Waals surface area contributed by atoms with Crippen LogP contribution in [0.3, 0.4) is 0 Å². The highest BCUT2D eigenvalue weighted by atomic mass is 32.2. The first-order valence-corrected chi connectivity index (χ1v) is 8.20. The van der Waals surface area contributed by atoms with Crippen molar-refractivity contribution in [3.8, 4) is 0 Å². The fraction of sp³-hybridized carbons (Fsp3) is 0.333. The molecule has 112 valence electrons. The Hall–Kier alpha value is -1.32. The van der Waals surface area contributed by atoms with E-state index in [2.05, 4.69) is 50.4 Å². The number of rotatable bonds is 6. The van der Waals surface area contributed by atoms with Gasteiger partial charge in [0.15, 0.2) is 0 Å². The second-order valence-electron chi connectivity index (χ2n) is 5.22. The summed E-state index contributed by atoms with van der Waals surface area (Å²) in [5.74, 6) is -0.186. The van der Waals surface area contributed by atoms with Crippen molar-refractivity contribution >= 4 is 11.8 Å². The van der Waals surface area contributed by atoms with Gasteiger partial charge in [0.05, 0.1) is 0 Å².